The highest BCUT2D eigenvalue weighted by molar-refractivity contribution is 5.91. The van der Waals surface area contributed by atoms with Crippen LogP contribution in [0, 0.1) is 0 Å². The topological polar surface area (TPSA) is 58.6 Å². The number of nitrogens with one attached hydrogen (secondary N) is 1. The third-order valence-corrected chi connectivity index (χ3v) is 2.84. The third-order valence-electron chi connectivity index (χ3n) is 2.84. The van der Waals surface area contributed by atoms with E-state index in [1.54, 1.807) is 12.1 Å². The second-order valence-electron chi connectivity index (χ2n) is 4.54. The second kappa shape index (κ2) is 4.75. The van der Waals surface area contributed by atoms with Crippen LogP contribution >= 0.6 is 0 Å². The van der Waals surface area contributed by atoms with Gasteiger partial charge in [0.2, 0.25) is 0 Å². The standard InChI is InChI=1S/C13H17NO3/c1-8(2)14-11-6-7-17-12-9(11)4-3-5-10(12)13(15)16/h3-5,8,11,14H,6-7H2,1-2H3,(H,15,16). The molecule has 1 aliphatic rings. The molecule has 0 aliphatic carbocycles. The van der Waals surface area contributed by atoms with Crippen LogP contribution in [0.4, 0.5) is 0 Å². The molecule has 92 valence electrons. The Bertz CT molecular complexity index is 429. The van der Waals surface area contributed by atoms with Gasteiger partial charge in [-0.15, -0.1) is 0 Å². The fourth-order valence-corrected chi connectivity index (χ4v) is 2.17. The Balaban J connectivity index is 2.38. The van der Waals surface area contributed by atoms with Gasteiger partial charge in [0.15, 0.2) is 0 Å². The molecule has 0 saturated heterocycles. The molecule has 4 heteroatoms. The van der Waals surface area contributed by atoms with Crippen LogP contribution in [0.3, 0.4) is 0 Å². The molecule has 17 heavy (non-hydrogen) atoms. The summed E-state index contributed by atoms with van der Waals surface area (Å²) in [4.78, 5) is 11.1. The van der Waals surface area contributed by atoms with Crippen LogP contribution < -0.4 is 10.1 Å². The maximum absolute atomic E-state index is 11.1. The molecule has 1 heterocycles. The molecule has 1 aromatic rings. The second-order valence-corrected chi connectivity index (χ2v) is 4.54. The summed E-state index contributed by atoms with van der Waals surface area (Å²) in [6, 6.07) is 5.82. The number of benzene rings is 1. The van der Waals surface area contributed by atoms with Gasteiger partial charge in [0.25, 0.3) is 0 Å². The minimum Gasteiger partial charge on any atom is -0.492 e. The quantitative estimate of drug-likeness (QED) is 0.843. The van der Waals surface area contributed by atoms with Crippen molar-refractivity contribution in [2.75, 3.05) is 6.61 Å². The van der Waals surface area contributed by atoms with Crippen molar-refractivity contribution in [2.45, 2.75) is 32.4 Å². The number of para-hydroxylation sites is 1. The van der Waals surface area contributed by atoms with Crippen molar-refractivity contribution < 1.29 is 14.6 Å². The smallest absolute Gasteiger partial charge is 0.339 e. The first kappa shape index (κ1) is 11.9. The zero-order valence-corrected chi connectivity index (χ0v) is 10.1. The predicted molar refractivity (Wildman–Crippen MR) is 64.5 cm³/mol. The zero-order valence-electron chi connectivity index (χ0n) is 10.1. The van der Waals surface area contributed by atoms with Gasteiger partial charge < -0.3 is 15.2 Å². The number of rotatable bonds is 3. The molecule has 4 nitrogen and oxygen atoms in total. The number of aromatic carboxylic acids is 1. The van der Waals surface area contributed by atoms with Gasteiger partial charge in [0.05, 0.1) is 6.61 Å². The highest BCUT2D eigenvalue weighted by Gasteiger charge is 2.25. The molecule has 1 atom stereocenters. The average molecular weight is 235 g/mol. The number of ether oxygens (including phenoxy) is 1. The van der Waals surface area contributed by atoms with Gasteiger partial charge >= 0.3 is 5.97 Å². The maximum atomic E-state index is 11.1. The van der Waals surface area contributed by atoms with Gasteiger partial charge in [0, 0.05) is 24.1 Å². The summed E-state index contributed by atoms with van der Waals surface area (Å²) in [5.74, 6) is -0.420. The highest BCUT2D eigenvalue weighted by atomic mass is 16.5. The molecule has 0 radical (unpaired) electrons. The van der Waals surface area contributed by atoms with Gasteiger partial charge in [-0.05, 0) is 6.07 Å². The Kier molecular flexibility index (Phi) is 3.33. The Labute approximate surface area is 101 Å². The molecule has 0 saturated carbocycles. The van der Waals surface area contributed by atoms with E-state index in [4.69, 9.17) is 9.84 Å². The number of fused-ring (bicyclic) bond motifs is 1. The van der Waals surface area contributed by atoms with Crippen LogP contribution in [-0.2, 0) is 0 Å². The molecular formula is C13H17NO3. The lowest BCUT2D eigenvalue weighted by Gasteiger charge is -2.29. The first-order chi connectivity index (χ1) is 8.09. The van der Waals surface area contributed by atoms with Crippen molar-refractivity contribution in [3.05, 3.63) is 29.3 Å². The van der Waals surface area contributed by atoms with Gasteiger partial charge in [-0.2, -0.15) is 0 Å². The monoisotopic (exact) mass is 235 g/mol. The molecule has 2 rings (SSSR count). The Morgan fingerprint density at radius 1 is 1.53 bits per heavy atom. The molecule has 0 amide bonds. The minimum absolute atomic E-state index is 0.179. The molecule has 0 fully saturated rings. The zero-order chi connectivity index (χ0) is 12.4. The van der Waals surface area contributed by atoms with E-state index < -0.39 is 5.97 Å². The molecule has 1 aliphatic heterocycles. The Morgan fingerprint density at radius 2 is 2.29 bits per heavy atom. The Morgan fingerprint density at radius 3 is 2.94 bits per heavy atom. The third kappa shape index (κ3) is 2.42. The fraction of sp³-hybridized carbons (Fsp3) is 0.462. The summed E-state index contributed by atoms with van der Waals surface area (Å²) in [5, 5.41) is 12.5. The van der Waals surface area contributed by atoms with Gasteiger partial charge in [-0.25, -0.2) is 4.79 Å². The lowest BCUT2D eigenvalue weighted by Crippen LogP contribution is -2.32. The van der Waals surface area contributed by atoms with E-state index in [1.165, 1.54) is 0 Å². The van der Waals surface area contributed by atoms with E-state index >= 15 is 0 Å². The molecule has 1 aromatic carbocycles. The van der Waals surface area contributed by atoms with E-state index in [1.807, 2.05) is 6.07 Å². The van der Waals surface area contributed by atoms with Crippen LogP contribution in [0.5, 0.6) is 5.75 Å². The van der Waals surface area contributed by atoms with Gasteiger partial charge in [-0.1, -0.05) is 26.0 Å². The lowest BCUT2D eigenvalue weighted by molar-refractivity contribution is 0.0690. The van der Waals surface area contributed by atoms with Crippen molar-refractivity contribution in [3.63, 3.8) is 0 Å². The molecule has 0 bridgehead atoms. The normalized spacial score (nSPS) is 18.6. The first-order valence-electron chi connectivity index (χ1n) is 5.84. The van der Waals surface area contributed by atoms with Crippen LogP contribution in [0.15, 0.2) is 18.2 Å². The van der Waals surface area contributed by atoms with E-state index in [2.05, 4.69) is 19.2 Å². The fourth-order valence-electron chi connectivity index (χ4n) is 2.17. The lowest BCUT2D eigenvalue weighted by atomic mass is 9.97. The van der Waals surface area contributed by atoms with E-state index in [-0.39, 0.29) is 11.6 Å². The van der Waals surface area contributed by atoms with Crippen molar-refractivity contribution in [3.8, 4) is 5.75 Å². The summed E-state index contributed by atoms with van der Waals surface area (Å²) in [7, 11) is 0. The van der Waals surface area contributed by atoms with E-state index in [9.17, 15) is 4.79 Å². The molecule has 0 aromatic heterocycles. The molecular weight excluding hydrogens is 218 g/mol. The molecule has 1 unspecified atom stereocenters. The predicted octanol–water partition coefficient (Wildman–Crippen LogP) is 2.21. The number of carboxylic acids is 1. The summed E-state index contributed by atoms with van der Waals surface area (Å²) in [6.45, 7) is 4.72. The van der Waals surface area contributed by atoms with E-state index in [0.717, 1.165) is 12.0 Å². The summed E-state index contributed by atoms with van der Waals surface area (Å²) in [6.07, 6.45) is 0.869. The largest absolute Gasteiger partial charge is 0.492 e. The van der Waals surface area contributed by atoms with Gasteiger partial charge in [0.1, 0.15) is 11.3 Å². The molecule has 0 spiro atoms. The van der Waals surface area contributed by atoms with E-state index in [0.29, 0.717) is 18.4 Å². The summed E-state index contributed by atoms with van der Waals surface area (Å²) < 4.78 is 5.51. The number of hydrogen-bond acceptors (Lipinski definition) is 3. The number of carbonyl (C=O) groups is 1. The van der Waals surface area contributed by atoms with Crippen LogP contribution in [0.2, 0.25) is 0 Å². The van der Waals surface area contributed by atoms with Gasteiger partial charge in [-0.3, -0.25) is 0 Å². The van der Waals surface area contributed by atoms with Crippen molar-refractivity contribution in [1.82, 2.24) is 5.32 Å². The summed E-state index contributed by atoms with van der Waals surface area (Å²) in [5.41, 5.74) is 1.20. The van der Waals surface area contributed by atoms with Crippen LogP contribution in [-0.4, -0.2) is 23.7 Å². The average Bonchev–Trinajstić information content (AvgIpc) is 2.28. The first-order valence-corrected chi connectivity index (χ1v) is 5.84. The SMILES string of the molecule is CC(C)NC1CCOc2c(C(=O)O)cccc21. The van der Waals surface area contributed by atoms with Crippen molar-refractivity contribution in [1.29, 1.82) is 0 Å². The van der Waals surface area contributed by atoms with Crippen LogP contribution in [0.1, 0.15) is 42.2 Å². The highest BCUT2D eigenvalue weighted by Crippen LogP contribution is 2.35. The molecule has 2 N–H and O–H groups in total. The Hall–Kier alpha value is -1.55. The van der Waals surface area contributed by atoms with Crippen molar-refractivity contribution >= 4 is 5.97 Å². The van der Waals surface area contributed by atoms with Crippen molar-refractivity contribution in [2.24, 2.45) is 0 Å². The number of carboxylic acid groups (broad SMARTS) is 1. The maximum Gasteiger partial charge on any atom is 0.339 e. The number of hydrogen-bond donors (Lipinski definition) is 2. The minimum atomic E-state index is -0.938. The summed E-state index contributed by atoms with van der Waals surface area (Å²) >= 11 is 0. The van der Waals surface area contributed by atoms with Crippen LogP contribution in [0.25, 0.3) is 0 Å².